The maximum atomic E-state index is 12.2. The van der Waals surface area contributed by atoms with Gasteiger partial charge in [-0.3, -0.25) is 4.79 Å². The van der Waals surface area contributed by atoms with Crippen LogP contribution in [0.5, 0.6) is 0 Å². The fourth-order valence-corrected chi connectivity index (χ4v) is 2.51. The summed E-state index contributed by atoms with van der Waals surface area (Å²) < 4.78 is 0. The molecule has 1 amide bonds. The van der Waals surface area contributed by atoms with Crippen molar-refractivity contribution in [1.29, 1.82) is 0 Å². The summed E-state index contributed by atoms with van der Waals surface area (Å²) in [5.74, 6) is 0.503. The molecular formula is C14H28N2O2. The number of amides is 1. The summed E-state index contributed by atoms with van der Waals surface area (Å²) in [5.41, 5.74) is 5.71. The van der Waals surface area contributed by atoms with Crippen molar-refractivity contribution in [3.05, 3.63) is 0 Å². The molecule has 1 aliphatic rings. The summed E-state index contributed by atoms with van der Waals surface area (Å²) in [4.78, 5) is 14.1. The number of carbonyl (C=O) groups is 1. The molecule has 0 spiro atoms. The van der Waals surface area contributed by atoms with Crippen LogP contribution in [0.4, 0.5) is 0 Å². The van der Waals surface area contributed by atoms with Gasteiger partial charge in [-0.2, -0.15) is 0 Å². The second kappa shape index (κ2) is 7.10. The molecule has 0 radical (unpaired) electrons. The monoisotopic (exact) mass is 256 g/mol. The first-order valence-corrected chi connectivity index (χ1v) is 7.14. The summed E-state index contributed by atoms with van der Waals surface area (Å²) in [7, 11) is 0. The van der Waals surface area contributed by atoms with Crippen LogP contribution in [0.1, 0.15) is 46.5 Å². The lowest BCUT2D eigenvalue weighted by Gasteiger charge is -2.35. The van der Waals surface area contributed by atoms with Gasteiger partial charge in [-0.15, -0.1) is 0 Å². The van der Waals surface area contributed by atoms with Crippen molar-refractivity contribution >= 4 is 5.91 Å². The molecule has 3 N–H and O–H groups in total. The Morgan fingerprint density at radius 3 is 2.67 bits per heavy atom. The predicted molar refractivity (Wildman–Crippen MR) is 73.0 cm³/mol. The van der Waals surface area contributed by atoms with Crippen LogP contribution in [0.25, 0.3) is 0 Å². The lowest BCUT2D eigenvalue weighted by molar-refractivity contribution is -0.138. The van der Waals surface area contributed by atoms with Crippen molar-refractivity contribution in [2.75, 3.05) is 13.1 Å². The molecule has 4 heteroatoms. The first-order valence-electron chi connectivity index (χ1n) is 7.14. The molecule has 1 fully saturated rings. The molecule has 4 atom stereocenters. The summed E-state index contributed by atoms with van der Waals surface area (Å²) in [6.07, 6.45) is 3.36. The van der Waals surface area contributed by atoms with Crippen LogP contribution in [0.2, 0.25) is 0 Å². The van der Waals surface area contributed by atoms with Crippen molar-refractivity contribution in [2.24, 2.45) is 17.6 Å². The number of aliphatic hydroxyl groups excluding tert-OH is 1. The predicted octanol–water partition coefficient (Wildman–Crippen LogP) is 1.37. The number of nitrogens with zero attached hydrogens (tertiary/aromatic N) is 1. The van der Waals surface area contributed by atoms with Crippen LogP contribution in [0.3, 0.4) is 0 Å². The highest BCUT2D eigenvalue weighted by molar-refractivity contribution is 5.78. The lowest BCUT2D eigenvalue weighted by atomic mass is 9.94. The van der Waals surface area contributed by atoms with Gasteiger partial charge in [0.2, 0.25) is 5.91 Å². The number of nitrogens with two attached hydrogens (primary N) is 1. The van der Waals surface area contributed by atoms with Gasteiger partial charge in [0.25, 0.3) is 0 Å². The number of piperidine rings is 1. The van der Waals surface area contributed by atoms with Gasteiger partial charge in [0.05, 0.1) is 6.10 Å². The number of hydrogen-bond acceptors (Lipinski definition) is 3. The second-order valence-electron chi connectivity index (χ2n) is 5.93. The van der Waals surface area contributed by atoms with Gasteiger partial charge in [-0.25, -0.2) is 0 Å². The topological polar surface area (TPSA) is 66.6 Å². The highest BCUT2D eigenvalue weighted by atomic mass is 16.3. The number of hydrogen-bond donors (Lipinski definition) is 2. The van der Waals surface area contributed by atoms with Crippen LogP contribution >= 0.6 is 0 Å². The van der Waals surface area contributed by atoms with Gasteiger partial charge in [0.15, 0.2) is 0 Å². The third kappa shape index (κ3) is 4.58. The molecule has 4 unspecified atom stereocenters. The van der Waals surface area contributed by atoms with Gasteiger partial charge in [-0.05, 0) is 32.1 Å². The Balaban J connectivity index is 2.34. The van der Waals surface area contributed by atoms with Crippen LogP contribution in [0, 0.1) is 11.8 Å². The molecule has 18 heavy (non-hydrogen) atoms. The van der Waals surface area contributed by atoms with E-state index >= 15 is 0 Å². The maximum Gasteiger partial charge on any atom is 0.225 e. The molecule has 1 heterocycles. The molecule has 0 aromatic carbocycles. The fourth-order valence-electron chi connectivity index (χ4n) is 2.51. The largest absolute Gasteiger partial charge is 0.393 e. The minimum absolute atomic E-state index is 0.0752. The van der Waals surface area contributed by atoms with Crippen molar-refractivity contribution in [3.8, 4) is 0 Å². The quantitative estimate of drug-likeness (QED) is 0.780. The summed E-state index contributed by atoms with van der Waals surface area (Å²) in [5, 5.41) is 9.67. The number of rotatable bonds is 5. The molecule has 106 valence electrons. The van der Waals surface area contributed by atoms with Crippen LogP contribution in [-0.2, 0) is 4.79 Å². The van der Waals surface area contributed by atoms with Crippen molar-refractivity contribution in [3.63, 3.8) is 0 Å². The number of carbonyl (C=O) groups excluding carboxylic acids is 1. The fraction of sp³-hybridized carbons (Fsp3) is 0.929. The Labute approximate surface area is 111 Å². The Bertz CT molecular complexity index is 269. The highest BCUT2D eigenvalue weighted by Gasteiger charge is 2.29. The van der Waals surface area contributed by atoms with Gasteiger partial charge in [0.1, 0.15) is 0 Å². The smallest absolute Gasteiger partial charge is 0.225 e. The van der Waals surface area contributed by atoms with Crippen LogP contribution in [0.15, 0.2) is 0 Å². The van der Waals surface area contributed by atoms with Crippen LogP contribution in [-0.4, -0.2) is 41.1 Å². The van der Waals surface area contributed by atoms with E-state index in [0.717, 1.165) is 19.3 Å². The van der Waals surface area contributed by atoms with E-state index in [0.29, 0.717) is 19.5 Å². The Morgan fingerprint density at radius 1 is 1.44 bits per heavy atom. The minimum Gasteiger partial charge on any atom is -0.393 e. The average molecular weight is 256 g/mol. The molecule has 4 nitrogen and oxygen atoms in total. The minimum atomic E-state index is -0.248. The molecule has 1 rings (SSSR count). The average Bonchev–Trinajstić information content (AvgIpc) is 2.31. The van der Waals surface area contributed by atoms with E-state index in [2.05, 4.69) is 0 Å². The molecule has 0 bridgehead atoms. The number of aliphatic hydroxyl groups is 1. The van der Waals surface area contributed by atoms with Gasteiger partial charge in [-0.1, -0.05) is 20.3 Å². The van der Waals surface area contributed by atoms with E-state index in [4.69, 9.17) is 5.73 Å². The van der Waals surface area contributed by atoms with E-state index < -0.39 is 0 Å². The third-order valence-electron chi connectivity index (χ3n) is 3.89. The lowest BCUT2D eigenvalue weighted by Crippen LogP contribution is -2.46. The Morgan fingerprint density at radius 2 is 2.11 bits per heavy atom. The zero-order chi connectivity index (χ0) is 13.7. The Kier molecular flexibility index (Phi) is 6.09. The van der Waals surface area contributed by atoms with E-state index in [9.17, 15) is 9.90 Å². The summed E-state index contributed by atoms with van der Waals surface area (Å²) >= 11 is 0. The van der Waals surface area contributed by atoms with Gasteiger partial charge >= 0.3 is 0 Å². The summed E-state index contributed by atoms with van der Waals surface area (Å²) in [6, 6.07) is 0.220. The highest BCUT2D eigenvalue weighted by Crippen LogP contribution is 2.20. The normalized spacial score (nSPS) is 27.9. The van der Waals surface area contributed by atoms with E-state index in [-0.39, 0.29) is 29.9 Å². The SMILES string of the molecule is CC(N)CCCC(C)C(=O)N1CCC(O)C(C)C1. The molecule has 0 saturated carbocycles. The maximum absolute atomic E-state index is 12.2. The van der Waals surface area contributed by atoms with Gasteiger partial charge in [0, 0.05) is 25.0 Å². The van der Waals surface area contributed by atoms with E-state index in [1.165, 1.54) is 0 Å². The van der Waals surface area contributed by atoms with Crippen molar-refractivity contribution < 1.29 is 9.90 Å². The first kappa shape index (κ1) is 15.4. The zero-order valence-electron chi connectivity index (χ0n) is 11.9. The molecule has 1 saturated heterocycles. The molecule has 0 aromatic heterocycles. The first-order chi connectivity index (χ1) is 8.41. The standard InChI is InChI=1S/C14H28N2O2/c1-10(5-4-6-12(3)15)14(18)16-8-7-13(17)11(2)9-16/h10-13,17H,4-9,15H2,1-3H3. The van der Waals surface area contributed by atoms with Crippen molar-refractivity contribution in [2.45, 2.75) is 58.6 Å². The summed E-state index contributed by atoms with van der Waals surface area (Å²) in [6.45, 7) is 7.39. The third-order valence-corrected chi connectivity index (χ3v) is 3.89. The zero-order valence-corrected chi connectivity index (χ0v) is 11.9. The van der Waals surface area contributed by atoms with E-state index in [1.807, 2.05) is 25.7 Å². The molecule has 0 aromatic rings. The molecular weight excluding hydrogens is 228 g/mol. The second-order valence-corrected chi connectivity index (χ2v) is 5.93. The molecule has 1 aliphatic heterocycles. The van der Waals surface area contributed by atoms with Crippen molar-refractivity contribution in [1.82, 2.24) is 4.90 Å². The number of likely N-dealkylation sites (tertiary alicyclic amines) is 1. The van der Waals surface area contributed by atoms with Gasteiger partial charge < -0.3 is 15.7 Å². The van der Waals surface area contributed by atoms with E-state index in [1.54, 1.807) is 0 Å². The van der Waals surface area contributed by atoms with Crippen LogP contribution < -0.4 is 5.73 Å². The Hall–Kier alpha value is -0.610. The molecule has 0 aliphatic carbocycles.